The van der Waals surface area contributed by atoms with E-state index in [1.165, 1.54) is 40.6 Å². The molecule has 1 fully saturated rings. The Morgan fingerprint density at radius 3 is 2.61 bits per heavy atom. The van der Waals surface area contributed by atoms with Gasteiger partial charge in [0.25, 0.3) is 0 Å². The van der Waals surface area contributed by atoms with Crippen LogP contribution < -0.4 is 4.74 Å². The van der Waals surface area contributed by atoms with Gasteiger partial charge >= 0.3 is 0 Å². The summed E-state index contributed by atoms with van der Waals surface area (Å²) in [4.78, 5) is 3.59. The summed E-state index contributed by atoms with van der Waals surface area (Å²) in [5.74, 6) is 2.18. The first-order valence-corrected chi connectivity index (χ1v) is 8.47. The lowest BCUT2D eigenvalue weighted by molar-refractivity contribution is 0.419. The lowest BCUT2D eigenvalue weighted by Crippen LogP contribution is -1.90. The molecule has 0 unspecified atom stereocenters. The Morgan fingerprint density at radius 2 is 1.91 bits per heavy atom. The Bertz CT molecular complexity index is 855. The number of ether oxygens (including phenoxy) is 1. The van der Waals surface area contributed by atoms with Crippen LogP contribution in [-0.4, -0.2) is 12.1 Å². The minimum atomic E-state index is 0.491. The van der Waals surface area contributed by atoms with Gasteiger partial charge in [-0.2, -0.15) is 0 Å². The fourth-order valence-electron chi connectivity index (χ4n) is 3.42. The van der Waals surface area contributed by atoms with Crippen molar-refractivity contribution in [1.82, 2.24) is 4.98 Å². The van der Waals surface area contributed by atoms with Gasteiger partial charge in [0, 0.05) is 11.1 Å². The summed E-state index contributed by atoms with van der Waals surface area (Å²) in [5, 5.41) is 1.27. The second-order valence-corrected chi connectivity index (χ2v) is 6.88. The largest absolute Gasteiger partial charge is 0.495 e. The molecule has 3 aromatic rings. The van der Waals surface area contributed by atoms with Gasteiger partial charge in [-0.1, -0.05) is 38.1 Å². The quantitative estimate of drug-likeness (QED) is 0.643. The SMILES string of the molecule is COc1ccc(C(C)C)c2cc(-c3cccc(C4CC4)c3)[nH]c12. The number of H-pyrrole nitrogens is 1. The minimum absolute atomic E-state index is 0.491. The van der Waals surface area contributed by atoms with Gasteiger partial charge in [0.1, 0.15) is 5.75 Å². The van der Waals surface area contributed by atoms with Crippen molar-refractivity contribution in [3.8, 4) is 17.0 Å². The van der Waals surface area contributed by atoms with Crippen molar-refractivity contribution in [2.75, 3.05) is 7.11 Å². The molecule has 2 nitrogen and oxygen atoms in total. The van der Waals surface area contributed by atoms with Crippen LogP contribution in [0.5, 0.6) is 5.75 Å². The van der Waals surface area contributed by atoms with E-state index in [0.29, 0.717) is 5.92 Å². The summed E-state index contributed by atoms with van der Waals surface area (Å²) >= 11 is 0. The lowest BCUT2D eigenvalue weighted by atomic mass is 9.98. The smallest absolute Gasteiger partial charge is 0.142 e. The highest BCUT2D eigenvalue weighted by molar-refractivity contribution is 5.93. The molecule has 4 rings (SSSR count). The third kappa shape index (κ3) is 2.52. The van der Waals surface area contributed by atoms with Crippen molar-refractivity contribution in [1.29, 1.82) is 0 Å². The summed E-state index contributed by atoms with van der Waals surface area (Å²) in [6.45, 7) is 4.48. The predicted molar refractivity (Wildman–Crippen MR) is 96.4 cm³/mol. The molecule has 2 aromatic carbocycles. The highest BCUT2D eigenvalue weighted by atomic mass is 16.5. The van der Waals surface area contributed by atoms with Crippen LogP contribution in [0.25, 0.3) is 22.2 Å². The van der Waals surface area contributed by atoms with E-state index in [0.717, 1.165) is 17.2 Å². The molecule has 118 valence electrons. The molecule has 2 heteroatoms. The Hall–Kier alpha value is -2.22. The molecule has 1 aliphatic carbocycles. The van der Waals surface area contributed by atoms with Crippen molar-refractivity contribution in [3.63, 3.8) is 0 Å². The van der Waals surface area contributed by atoms with Crippen molar-refractivity contribution in [2.24, 2.45) is 0 Å². The van der Waals surface area contributed by atoms with Gasteiger partial charge in [-0.05, 0) is 59.6 Å². The lowest BCUT2D eigenvalue weighted by Gasteiger charge is -2.09. The van der Waals surface area contributed by atoms with Crippen LogP contribution in [0.3, 0.4) is 0 Å². The van der Waals surface area contributed by atoms with Gasteiger partial charge < -0.3 is 9.72 Å². The summed E-state index contributed by atoms with van der Waals surface area (Å²) in [7, 11) is 1.73. The maximum absolute atomic E-state index is 5.55. The Morgan fingerprint density at radius 1 is 1.09 bits per heavy atom. The minimum Gasteiger partial charge on any atom is -0.495 e. The number of benzene rings is 2. The van der Waals surface area contributed by atoms with E-state index in [1.807, 2.05) is 0 Å². The predicted octanol–water partition coefficient (Wildman–Crippen LogP) is 5.84. The number of fused-ring (bicyclic) bond motifs is 1. The highest BCUT2D eigenvalue weighted by Crippen LogP contribution is 2.41. The molecule has 23 heavy (non-hydrogen) atoms. The fraction of sp³-hybridized carbons (Fsp3) is 0.333. The molecule has 0 spiro atoms. The number of hydrogen-bond donors (Lipinski definition) is 1. The molecular weight excluding hydrogens is 282 g/mol. The number of aromatic nitrogens is 1. The second-order valence-electron chi connectivity index (χ2n) is 6.88. The van der Waals surface area contributed by atoms with Crippen molar-refractivity contribution in [3.05, 3.63) is 53.6 Å². The molecule has 0 aliphatic heterocycles. The standard InChI is InChI=1S/C21H23NO/c1-13(2)17-9-10-20(23-3)21-18(17)12-19(22-21)16-6-4-5-15(11-16)14-7-8-14/h4-6,9-14,22H,7-8H2,1-3H3. The molecule has 1 aromatic heterocycles. The van der Waals surface area contributed by atoms with Gasteiger partial charge in [-0.25, -0.2) is 0 Å². The van der Waals surface area contributed by atoms with Crippen LogP contribution in [0, 0.1) is 0 Å². The molecule has 0 amide bonds. The summed E-state index contributed by atoms with van der Waals surface area (Å²) in [5.41, 5.74) is 6.38. The van der Waals surface area contributed by atoms with Crippen molar-refractivity contribution < 1.29 is 4.74 Å². The fourth-order valence-corrected chi connectivity index (χ4v) is 3.42. The van der Waals surface area contributed by atoms with E-state index in [-0.39, 0.29) is 0 Å². The Kier molecular flexibility index (Phi) is 3.41. The maximum atomic E-state index is 5.55. The maximum Gasteiger partial charge on any atom is 0.142 e. The molecule has 0 radical (unpaired) electrons. The van der Waals surface area contributed by atoms with E-state index < -0.39 is 0 Å². The zero-order valence-corrected chi connectivity index (χ0v) is 14.0. The van der Waals surface area contributed by atoms with Crippen LogP contribution in [0.4, 0.5) is 0 Å². The first-order chi connectivity index (χ1) is 11.2. The van der Waals surface area contributed by atoms with E-state index >= 15 is 0 Å². The topological polar surface area (TPSA) is 25.0 Å². The van der Waals surface area contributed by atoms with E-state index in [1.54, 1.807) is 7.11 Å². The van der Waals surface area contributed by atoms with Crippen LogP contribution in [-0.2, 0) is 0 Å². The Balaban J connectivity index is 1.87. The number of hydrogen-bond acceptors (Lipinski definition) is 1. The van der Waals surface area contributed by atoms with E-state index in [4.69, 9.17) is 4.74 Å². The molecule has 0 atom stereocenters. The molecule has 1 N–H and O–H groups in total. The molecule has 1 saturated carbocycles. The third-order valence-electron chi connectivity index (χ3n) is 4.88. The van der Waals surface area contributed by atoms with Gasteiger partial charge in [0.15, 0.2) is 0 Å². The molecule has 0 bridgehead atoms. The molecule has 1 aliphatic rings. The third-order valence-corrected chi connectivity index (χ3v) is 4.88. The monoisotopic (exact) mass is 305 g/mol. The van der Waals surface area contributed by atoms with E-state index in [9.17, 15) is 0 Å². The first kappa shape index (κ1) is 14.4. The average Bonchev–Trinajstić information content (AvgIpc) is 3.32. The molecule has 1 heterocycles. The molecule has 0 saturated heterocycles. The molecular formula is C21H23NO. The van der Waals surface area contributed by atoms with Gasteiger partial charge in [0.05, 0.1) is 12.6 Å². The summed E-state index contributed by atoms with van der Waals surface area (Å²) in [6, 6.07) is 15.5. The second kappa shape index (κ2) is 5.45. The van der Waals surface area contributed by atoms with Gasteiger partial charge in [-0.3, -0.25) is 0 Å². The van der Waals surface area contributed by atoms with Gasteiger partial charge in [-0.15, -0.1) is 0 Å². The van der Waals surface area contributed by atoms with Gasteiger partial charge in [0.2, 0.25) is 0 Å². The van der Waals surface area contributed by atoms with E-state index in [2.05, 4.69) is 61.3 Å². The zero-order chi connectivity index (χ0) is 16.0. The normalized spacial score (nSPS) is 14.6. The zero-order valence-electron chi connectivity index (χ0n) is 14.0. The van der Waals surface area contributed by atoms with Crippen LogP contribution in [0.1, 0.15) is 49.7 Å². The van der Waals surface area contributed by atoms with Crippen LogP contribution in [0.2, 0.25) is 0 Å². The number of methoxy groups -OCH3 is 1. The number of rotatable bonds is 4. The first-order valence-electron chi connectivity index (χ1n) is 8.47. The van der Waals surface area contributed by atoms with Crippen LogP contribution in [0.15, 0.2) is 42.5 Å². The van der Waals surface area contributed by atoms with Crippen LogP contribution >= 0.6 is 0 Å². The van der Waals surface area contributed by atoms with Crippen molar-refractivity contribution in [2.45, 2.75) is 38.5 Å². The summed E-state index contributed by atoms with van der Waals surface area (Å²) < 4.78 is 5.55. The summed E-state index contributed by atoms with van der Waals surface area (Å²) in [6.07, 6.45) is 2.67. The number of aromatic amines is 1. The average molecular weight is 305 g/mol. The number of nitrogens with one attached hydrogen (secondary N) is 1. The Labute approximate surface area is 137 Å². The van der Waals surface area contributed by atoms with Crippen molar-refractivity contribution >= 4 is 10.9 Å². The highest BCUT2D eigenvalue weighted by Gasteiger charge is 2.23.